The van der Waals surface area contributed by atoms with Crippen LogP contribution in [0.2, 0.25) is 0 Å². The topological polar surface area (TPSA) is 29.4 Å². The zero-order chi connectivity index (χ0) is 11.0. The third-order valence-electron chi connectivity index (χ3n) is 4.48. The molecule has 1 aromatic carbocycles. The van der Waals surface area contributed by atoms with Gasteiger partial charge in [-0.05, 0) is 42.2 Å². The highest BCUT2D eigenvalue weighted by Crippen LogP contribution is 2.51. The van der Waals surface area contributed by atoms with E-state index in [-0.39, 0.29) is 6.04 Å². The molecule has 84 valence electrons. The molecule has 16 heavy (non-hydrogen) atoms. The lowest BCUT2D eigenvalue weighted by atomic mass is 9.67. The highest BCUT2D eigenvalue weighted by Gasteiger charge is 2.41. The van der Waals surface area contributed by atoms with Gasteiger partial charge < -0.3 is 0 Å². The molecule has 3 rings (SSSR count). The Morgan fingerprint density at radius 2 is 1.88 bits per heavy atom. The van der Waals surface area contributed by atoms with Crippen molar-refractivity contribution in [1.29, 1.82) is 0 Å². The van der Waals surface area contributed by atoms with Crippen molar-refractivity contribution in [2.75, 3.05) is 0 Å². The lowest BCUT2D eigenvalue weighted by molar-refractivity contribution is 0.344. The van der Waals surface area contributed by atoms with E-state index in [1.165, 1.54) is 36.8 Å². The Kier molecular flexibility index (Phi) is 2.31. The Morgan fingerprint density at radius 3 is 2.62 bits per heavy atom. The second kappa shape index (κ2) is 3.69. The molecule has 1 spiro atoms. The molecule has 1 aromatic rings. The van der Waals surface area contributed by atoms with E-state index in [1.807, 2.05) is 6.07 Å². The fourth-order valence-corrected chi connectivity index (χ4v) is 3.65. The molecule has 2 nitrogen and oxygen atoms in total. The quantitative estimate of drug-likeness (QED) is 0.648. The summed E-state index contributed by atoms with van der Waals surface area (Å²) >= 11 is 0. The molecule has 1 unspecified atom stereocenters. The monoisotopic (exact) mass is 215 g/mol. The number of benzene rings is 1. The molecule has 0 radical (unpaired) electrons. The first-order chi connectivity index (χ1) is 7.86. The third kappa shape index (κ3) is 1.32. The average Bonchev–Trinajstić information content (AvgIpc) is 2.80. The van der Waals surface area contributed by atoms with Crippen LogP contribution in [0, 0.1) is 4.91 Å². The van der Waals surface area contributed by atoms with Crippen molar-refractivity contribution >= 4 is 0 Å². The number of fused-ring (bicyclic) bond motifs is 2. The minimum Gasteiger partial charge on any atom is -0.150 e. The van der Waals surface area contributed by atoms with Crippen LogP contribution in [0.5, 0.6) is 0 Å². The number of nitrogens with zero attached hydrogens (tertiary/aromatic N) is 1. The molecular weight excluding hydrogens is 198 g/mol. The SMILES string of the molecule is O=NC1CCC2(CCCC2)c2ccccc21. The molecule has 1 atom stereocenters. The Hall–Kier alpha value is -1.18. The summed E-state index contributed by atoms with van der Waals surface area (Å²) in [6, 6.07) is 8.36. The summed E-state index contributed by atoms with van der Waals surface area (Å²) in [5.74, 6) is 0. The maximum absolute atomic E-state index is 10.9. The molecule has 1 fully saturated rings. The number of nitroso groups, excluding NO2 is 1. The normalized spacial score (nSPS) is 26.6. The van der Waals surface area contributed by atoms with E-state index in [0.29, 0.717) is 5.41 Å². The molecule has 2 heteroatoms. The van der Waals surface area contributed by atoms with Crippen LogP contribution in [0.4, 0.5) is 0 Å². The van der Waals surface area contributed by atoms with Crippen molar-refractivity contribution in [2.24, 2.45) is 5.18 Å². The fraction of sp³-hybridized carbons (Fsp3) is 0.571. The van der Waals surface area contributed by atoms with Gasteiger partial charge in [0.2, 0.25) is 0 Å². The summed E-state index contributed by atoms with van der Waals surface area (Å²) in [5.41, 5.74) is 3.01. The van der Waals surface area contributed by atoms with Crippen LogP contribution in [0.3, 0.4) is 0 Å². The largest absolute Gasteiger partial charge is 0.150 e. The molecule has 0 bridgehead atoms. The first kappa shape index (κ1) is 10.0. The van der Waals surface area contributed by atoms with Crippen molar-refractivity contribution in [3.63, 3.8) is 0 Å². The highest BCUT2D eigenvalue weighted by molar-refractivity contribution is 5.39. The lowest BCUT2D eigenvalue weighted by Crippen LogP contribution is -2.29. The van der Waals surface area contributed by atoms with Crippen LogP contribution in [-0.2, 0) is 5.41 Å². The minimum absolute atomic E-state index is 0.0950. The molecule has 0 amide bonds. The van der Waals surface area contributed by atoms with E-state index in [2.05, 4.69) is 23.4 Å². The van der Waals surface area contributed by atoms with E-state index in [4.69, 9.17) is 0 Å². The number of rotatable bonds is 1. The molecule has 0 N–H and O–H groups in total. The van der Waals surface area contributed by atoms with Gasteiger partial charge in [-0.3, -0.25) is 0 Å². The lowest BCUT2D eigenvalue weighted by Gasteiger charge is -2.37. The predicted octanol–water partition coefficient (Wildman–Crippen LogP) is 4.10. The van der Waals surface area contributed by atoms with Crippen LogP contribution in [0.15, 0.2) is 29.4 Å². The van der Waals surface area contributed by atoms with Gasteiger partial charge in [-0.2, -0.15) is 4.91 Å². The van der Waals surface area contributed by atoms with E-state index in [0.717, 1.165) is 12.8 Å². The first-order valence-electron chi connectivity index (χ1n) is 6.28. The smallest absolute Gasteiger partial charge is 0.117 e. The van der Waals surface area contributed by atoms with Crippen molar-refractivity contribution in [3.8, 4) is 0 Å². The molecule has 0 heterocycles. The van der Waals surface area contributed by atoms with Crippen LogP contribution in [-0.4, -0.2) is 0 Å². The first-order valence-corrected chi connectivity index (χ1v) is 6.28. The molecule has 0 aliphatic heterocycles. The number of hydrogen-bond acceptors (Lipinski definition) is 2. The zero-order valence-corrected chi connectivity index (χ0v) is 9.48. The van der Waals surface area contributed by atoms with Gasteiger partial charge in [-0.25, -0.2) is 0 Å². The second-order valence-corrected chi connectivity index (χ2v) is 5.23. The van der Waals surface area contributed by atoms with Gasteiger partial charge in [0.15, 0.2) is 0 Å². The highest BCUT2D eigenvalue weighted by atomic mass is 16.3. The molecule has 2 aliphatic carbocycles. The Balaban J connectivity index is 2.11. The van der Waals surface area contributed by atoms with Gasteiger partial charge in [0.25, 0.3) is 0 Å². The summed E-state index contributed by atoms with van der Waals surface area (Å²) in [7, 11) is 0. The van der Waals surface area contributed by atoms with Crippen LogP contribution in [0.1, 0.15) is 55.7 Å². The summed E-state index contributed by atoms with van der Waals surface area (Å²) in [4.78, 5) is 10.9. The van der Waals surface area contributed by atoms with Crippen LogP contribution < -0.4 is 0 Å². The van der Waals surface area contributed by atoms with Crippen molar-refractivity contribution in [2.45, 2.75) is 50.0 Å². The molecule has 0 saturated heterocycles. The summed E-state index contributed by atoms with van der Waals surface area (Å²) in [6.07, 6.45) is 7.38. The maximum atomic E-state index is 10.9. The van der Waals surface area contributed by atoms with Crippen LogP contribution in [0.25, 0.3) is 0 Å². The Morgan fingerprint density at radius 1 is 1.12 bits per heavy atom. The molecule has 2 aliphatic rings. The van der Waals surface area contributed by atoms with Gasteiger partial charge in [0.05, 0.1) is 0 Å². The molecule has 1 saturated carbocycles. The van der Waals surface area contributed by atoms with Gasteiger partial charge in [0.1, 0.15) is 6.04 Å². The Bertz CT molecular complexity index is 407. The standard InChI is InChI=1S/C14H17NO/c16-15-13-7-10-14(8-3-4-9-14)12-6-2-1-5-11(12)13/h1-2,5-6,13H,3-4,7-10H2. The average molecular weight is 215 g/mol. The molecular formula is C14H17NO. The van der Waals surface area contributed by atoms with E-state index in [1.54, 1.807) is 0 Å². The predicted molar refractivity (Wildman–Crippen MR) is 64.4 cm³/mol. The Labute approximate surface area is 96.0 Å². The van der Waals surface area contributed by atoms with Crippen molar-refractivity contribution < 1.29 is 0 Å². The van der Waals surface area contributed by atoms with Crippen LogP contribution >= 0.6 is 0 Å². The molecule has 0 aromatic heterocycles. The maximum Gasteiger partial charge on any atom is 0.117 e. The number of hydrogen-bond donors (Lipinski definition) is 0. The van der Waals surface area contributed by atoms with Gasteiger partial charge in [0, 0.05) is 0 Å². The summed E-state index contributed by atoms with van der Waals surface area (Å²) < 4.78 is 0. The van der Waals surface area contributed by atoms with Crippen molar-refractivity contribution in [3.05, 3.63) is 40.3 Å². The van der Waals surface area contributed by atoms with E-state index < -0.39 is 0 Å². The van der Waals surface area contributed by atoms with Gasteiger partial charge in [-0.1, -0.05) is 42.3 Å². The van der Waals surface area contributed by atoms with E-state index in [9.17, 15) is 4.91 Å². The van der Waals surface area contributed by atoms with Crippen molar-refractivity contribution in [1.82, 2.24) is 0 Å². The summed E-state index contributed by atoms with van der Waals surface area (Å²) in [5, 5.41) is 3.29. The van der Waals surface area contributed by atoms with Gasteiger partial charge in [-0.15, -0.1) is 0 Å². The minimum atomic E-state index is -0.0950. The van der Waals surface area contributed by atoms with Gasteiger partial charge >= 0.3 is 0 Å². The zero-order valence-electron chi connectivity index (χ0n) is 9.48. The third-order valence-corrected chi connectivity index (χ3v) is 4.48. The van der Waals surface area contributed by atoms with E-state index >= 15 is 0 Å². The fourth-order valence-electron chi connectivity index (χ4n) is 3.65. The second-order valence-electron chi connectivity index (χ2n) is 5.23. The summed E-state index contributed by atoms with van der Waals surface area (Å²) in [6.45, 7) is 0.